The molecule has 5 heteroatoms. The van der Waals surface area contributed by atoms with Crippen molar-refractivity contribution in [1.29, 1.82) is 0 Å². The summed E-state index contributed by atoms with van der Waals surface area (Å²) in [6.07, 6.45) is 4.39. The van der Waals surface area contributed by atoms with Crippen molar-refractivity contribution in [2.45, 2.75) is 91.0 Å². The van der Waals surface area contributed by atoms with Gasteiger partial charge in [-0.25, -0.2) is 4.79 Å². The van der Waals surface area contributed by atoms with Crippen molar-refractivity contribution in [2.75, 3.05) is 0 Å². The number of aliphatic hydroxyl groups is 1. The van der Waals surface area contributed by atoms with E-state index in [1.54, 1.807) is 0 Å². The summed E-state index contributed by atoms with van der Waals surface area (Å²) in [6.45, 7) is 10.0. The van der Waals surface area contributed by atoms with Crippen LogP contribution in [0.1, 0.15) is 73.1 Å². The Morgan fingerprint density at radius 1 is 1.19 bits per heavy atom. The molecule has 1 heterocycles. The molecule has 0 bridgehead atoms. The molecule has 0 spiro atoms. The highest BCUT2D eigenvalue weighted by molar-refractivity contribution is 5.91. The Bertz CT molecular complexity index is 722. The Hall–Kier alpha value is -1.36. The zero-order chi connectivity index (χ0) is 19.8. The molecule has 0 unspecified atom stereocenters. The lowest BCUT2D eigenvalue weighted by molar-refractivity contribution is -0.220. The minimum Gasteiger partial charge on any atom is -0.462 e. The largest absolute Gasteiger partial charge is 0.462 e. The summed E-state index contributed by atoms with van der Waals surface area (Å²) in [5.41, 5.74) is 0.739. The lowest BCUT2D eigenvalue weighted by Crippen LogP contribution is -2.63. The number of esters is 2. The van der Waals surface area contributed by atoms with Gasteiger partial charge in [0.15, 0.2) is 0 Å². The average molecular weight is 376 g/mol. The molecule has 0 aromatic heterocycles. The molecule has 0 saturated heterocycles. The molecule has 1 N–H and O–H groups in total. The Kier molecular flexibility index (Phi) is 4.09. The van der Waals surface area contributed by atoms with Crippen LogP contribution in [0.4, 0.5) is 0 Å². The number of rotatable bonds is 1. The summed E-state index contributed by atoms with van der Waals surface area (Å²) in [7, 11) is 0. The van der Waals surface area contributed by atoms with Gasteiger partial charge in [-0.3, -0.25) is 4.79 Å². The molecule has 5 nitrogen and oxygen atoms in total. The van der Waals surface area contributed by atoms with Gasteiger partial charge >= 0.3 is 11.9 Å². The molecular weight excluding hydrogens is 344 g/mol. The number of hydrogen-bond acceptors (Lipinski definition) is 5. The molecule has 4 rings (SSSR count). The average Bonchev–Trinajstić information content (AvgIpc) is 2.83. The van der Waals surface area contributed by atoms with E-state index in [1.807, 2.05) is 6.92 Å². The van der Waals surface area contributed by atoms with E-state index >= 15 is 0 Å². The maximum absolute atomic E-state index is 12.1. The first-order valence-corrected chi connectivity index (χ1v) is 10.3. The van der Waals surface area contributed by atoms with Crippen LogP contribution in [0.5, 0.6) is 0 Å². The monoisotopic (exact) mass is 376 g/mol. The van der Waals surface area contributed by atoms with E-state index in [0.717, 1.165) is 31.3 Å². The molecule has 0 amide bonds. The normalized spacial score (nSPS) is 45.5. The number of carbonyl (C=O) groups is 2. The van der Waals surface area contributed by atoms with Crippen LogP contribution in [-0.2, 0) is 19.1 Å². The van der Waals surface area contributed by atoms with Crippen LogP contribution >= 0.6 is 0 Å². The molecule has 6 atom stereocenters. The highest BCUT2D eigenvalue weighted by atomic mass is 16.6. The molecule has 4 aliphatic rings. The second-order valence-electron chi connectivity index (χ2n) is 10.2. The lowest BCUT2D eigenvalue weighted by atomic mass is 9.42. The molecular formula is C22H32O5. The van der Waals surface area contributed by atoms with Gasteiger partial charge in [-0.05, 0) is 61.9 Å². The fourth-order valence-corrected chi connectivity index (χ4v) is 7.12. The van der Waals surface area contributed by atoms with E-state index in [-0.39, 0.29) is 40.9 Å². The predicted molar refractivity (Wildman–Crippen MR) is 99.7 cm³/mol. The topological polar surface area (TPSA) is 72.8 Å². The van der Waals surface area contributed by atoms with E-state index < -0.39 is 5.60 Å². The van der Waals surface area contributed by atoms with Crippen LogP contribution in [0.25, 0.3) is 0 Å². The van der Waals surface area contributed by atoms with Crippen LogP contribution in [-0.4, -0.2) is 34.9 Å². The zero-order valence-electron chi connectivity index (χ0n) is 17.1. The van der Waals surface area contributed by atoms with Gasteiger partial charge in [0, 0.05) is 24.3 Å². The van der Waals surface area contributed by atoms with Crippen molar-refractivity contribution in [3.05, 3.63) is 11.1 Å². The van der Waals surface area contributed by atoms with Gasteiger partial charge in [0.25, 0.3) is 0 Å². The minimum atomic E-state index is -0.767. The van der Waals surface area contributed by atoms with E-state index in [4.69, 9.17) is 9.47 Å². The Morgan fingerprint density at radius 2 is 1.89 bits per heavy atom. The standard InChI is InChI=1S/C22H32O5/c1-12-14-11-22(25)9-6-16-20(3,4)18(26-13(2)23)7-8-21(16,5)17(22)10-15(14)27-19(12)24/h15-18,25H,6-11H2,1-5H3/t15-,16-,17+,18+,21-,22-/m1/s1. The molecule has 3 fully saturated rings. The second kappa shape index (κ2) is 5.82. The Morgan fingerprint density at radius 3 is 2.56 bits per heavy atom. The third kappa shape index (κ3) is 2.60. The molecule has 27 heavy (non-hydrogen) atoms. The minimum absolute atomic E-state index is 0.0540. The summed E-state index contributed by atoms with van der Waals surface area (Å²) in [6, 6.07) is 0. The molecule has 150 valence electrons. The van der Waals surface area contributed by atoms with Crippen molar-refractivity contribution in [1.82, 2.24) is 0 Å². The van der Waals surface area contributed by atoms with Crippen molar-refractivity contribution in [3.63, 3.8) is 0 Å². The highest BCUT2D eigenvalue weighted by Crippen LogP contribution is 2.66. The zero-order valence-corrected chi connectivity index (χ0v) is 17.1. The summed E-state index contributed by atoms with van der Waals surface area (Å²) in [5.74, 6) is 0.00786. The quantitative estimate of drug-likeness (QED) is 0.709. The van der Waals surface area contributed by atoms with Gasteiger partial charge in [0.2, 0.25) is 0 Å². The molecule has 0 aromatic rings. The molecule has 0 aromatic carbocycles. The molecule has 1 aliphatic heterocycles. The highest BCUT2D eigenvalue weighted by Gasteiger charge is 2.64. The Labute approximate surface area is 161 Å². The van der Waals surface area contributed by atoms with Crippen molar-refractivity contribution in [2.24, 2.45) is 22.7 Å². The third-order valence-corrected chi connectivity index (χ3v) is 8.46. The number of hydrogen-bond donors (Lipinski definition) is 1. The number of carbonyl (C=O) groups excluding carboxylic acids is 2. The third-order valence-electron chi connectivity index (χ3n) is 8.46. The smallest absolute Gasteiger partial charge is 0.334 e. The SMILES string of the molecule is CC(=O)O[C@H]1CC[C@]2(C)[C@H](CC[C@@]3(O)CC4=C(C)C(=O)O[C@@H]4C[C@H]32)C1(C)C. The van der Waals surface area contributed by atoms with Gasteiger partial charge < -0.3 is 14.6 Å². The van der Waals surface area contributed by atoms with E-state index in [0.29, 0.717) is 24.3 Å². The second-order valence-corrected chi connectivity index (χ2v) is 10.2. The fourth-order valence-electron chi connectivity index (χ4n) is 7.12. The molecule has 3 saturated carbocycles. The van der Waals surface area contributed by atoms with Crippen molar-refractivity contribution < 1.29 is 24.2 Å². The van der Waals surface area contributed by atoms with Gasteiger partial charge in [0.05, 0.1) is 5.60 Å². The van der Waals surface area contributed by atoms with E-state index in [2.05, 4.69) is 20.8 Å². The van der Waals surface area contributed by atoms with Crippen LogP contribution in [0.2, 0.25) is 0 Å². The van der Waals surface area contributed by atoms with Crippen LogP contribution in [0, 0.1) is 22.7 Å². The van der Waals surface area contributed by atoms with Crippen LogP contribution in [0.3, 0.4) is 0 Å². The maximum atomic E-state index is 12.1. The number of fused-ring (bicyclic) bond motifs is 4. The fraction of sp³-hybridized carbons (Fsp3) is 0.818. The van der Waals surface area contributed by atoms with Crippen LogP contribution < -0.4 is 0 Å². The first kappa shape index (κ1) is 19.0. The van der Waals surface area contributed by atoms with Gasteiger partial charge in [0.1, 0.15) is 12.2 Å². The molecule has 0 radical (unpaired) electrons. The lowest BCUT2D eigenvalue weighted by Gasteiger charge is -2.64. The summed E-state index contributed by atoms with van der Waals surface area (Å²) >= 11 is 0. The van der Waals surface area contributed by atoms with Crippen molar-refractivity contribution in [3.8, 4) is 0 Å². The van der Waals surface area contributed by atoms with Crippen LogP contribution in [0.15, 0.2) is 11.1 Å². The van der Waals surface area contributed by atoms with Crippen molar-refractivity contribution >= 4 is 11.9 Å². The summed E-state index contributed by atoms with van der Waals surface area (Å²) in [4.78, 5) is 23.6. The Balaban J connectivity index is 1.67. The maximum Gasteiger partial charge on any atom is 0.334 e. The summed E-state index contributed by atoms with van der Waals surface area (Å²) in [5, 5.41) is 11.6. The predicted octanol–water partition coefficient (Wildman–Crippen LogP) is 3.54. The number of ether oxygens (including phenoxy) is 2. The van der Waals surface area contributed by atoms with Gasteiger partial charge in [-0.1, -0.05) is 20.8 Å². The first-order chi connectivity index (χ1) is 12.5. The van der Waals surface area contributed by atoms with Gasteiger partial charge in [-0.15, -0.1) is 0 Å². The van der Waals surface area contributed by atoms with E-state index in [1.165, 1.54) is 6.92 Å². The first-order valence-electron chi connectivity index (χ1n) is 10.3. The molecule has 3 aliphatic carbocycles. The summed E-state index contributed by atoms with van der Waals surface area (Å²) < 4.78 is 11.3. The van der Waals surface area contributed by atoms with E-state index in [9.17, 15) is 14.7 Å². The van der Waals surface area contributed by atoms with Gasteiger partial charge in [-0.2, -0.15) is 0 Å².